The van der Waals surface area contributed by atoms with Gasteiger partial charge in [-0.25, -0.2) is 0 Å². The topological polar surface area (TPSA) is 99.7 Å². The van der Waals surface area contributed by atoms with E-state index in [0.717, 1.165) is 28.8 Å². The molecule has 0 atom stereocenters. The van der Waals surface area contributed by atoms with Gasteiger partial charge in [-0.2, -0.15) is 5.10 Å². The molecule has 0 radical (unpaired) electrons. The molecule has 1 aromatic heterocycles. The van der Waals surface area contributed by atoms with Crippen LogP contribution >= 0.6 is 0 Å². The maximum Gasteiger partial charge on any atom is 0.258 e. The fourth-order valence-corrected chi connectivity index (χ4v) is 3.57. The van der Waals surface area contributed by atoms with E-state index in [9.17, 15) is 9.90 Å². The van der Waals surface area contributed by atoms with Crippen molar-refractivity contribution in [3.8, 4) is 11.5 Å². The van der Waals surface area contributed by atoms with Gasteiger partial charge in [0, 0.05) is 38.2 Å². The van der Waals surface area contributed by atoms with Crippen LogP contribution < -0.4 is 10.1 Å². The molecule has 8 heteroatoms. The van der Waals surface area contributed by atoms with E-state index < -0.39 is 0 Å². The lowest BCUT2D eigenvalue weighted by Gasteiger charge is -2.16. The van der Waals surface area contributed by atoms with Gasteiger partial charge >= 0.3 is 0 Å². The molecule has 29 heavy (non-hydrogen) atoms. The molecule has 0 saturated heterocycles. The second-order valence-corrected chi connectivity index (χ2v) is 7.06. The summed E-state index contributed by atoms with van der Waals surface area (Å²) >= 11 is 0. The van der Waals surface area contributed by atoms with Crippen molar-refractivity contribution in [2.45, 2.75) is 19.7 Å². The van der Waals surface area contributed by atoms with E-state index in [-0.39, 0.29) is 17.2 Å². The molecule has 0 aliphatic carbocycles. The first-order valence-corrected chi connectivity index (χ1v) is 9.48. The molecule has 0 saturated carbocycles. The number of methoxy groups -OCH3 is 1. The summed E-state index contributed by atoms with van der Waals surface area (Å²) in [5.74, 6) is 0.505. The lowest BCUT2D eigenvalue weighted by Crippen LogP contribution is -2.25. The van der Waals surface area contributed by atoms with Crippen molar-refractivity contribution >= 4 is 16.8 Å². The number of hydrogen-bond acceptors (Lipinski definition) is 6. The number of aromatic hydroxyl groups is 1. The highest BCUT2D eigenvalue weighted by atomic mass is 16.5. The molecule has 3 aromatic rings. The average molecular weight is 396 g/mol. The van der Waals surface area contributed by atoms with Crippen LogP contribution in [0.5, 0.6) is 11.5 Å². The molecule has 4 rings (SSSR count). The van der Waals surface area contributed by atoms with Gasteiger partial charge in [-0.3, -0.25) is 9.89 Å². The van der Waals surface area contributed by atoms with E-state index in [1.54, 1.807) is 18.1 Å². The molecular formula is C21H24N4O4. The minimum atomic E-state index is -0.220. The highest BCUT2D eigenvalue weighted by molar-refractivity contribution is 6.01. The number of carbonyl (C=O) groups excluding carboxylic acids is 1. The van der Waals surface area contributed by atoms with Gasteiger partial charge in [0.1, 0.15) is 18.1 Å². The predicted octanol–water partition coefficient (Wildman–Crippen LogP) is 2.17. The van der Waals surface area contributed by atoms with Crippen LogP contribution in [0.3, 0.4) is 0 Å². The summed E-state index contributed by atoms with van der Waals surface area (Å²) in [7, 11) is 3.47. The number of H-pyrrole nitrogens is 1. The lowest BCUT2D eigenvalue weighted by atomic mass is 10.1. The van der Waals surface area contributed by atoms with Crippen molar-refractivity contribution in [2.24, 2.45) is 0 Å². The van der Waals surface area contributed by atoms with Gasteiger partial charge in [-0.15, -0.1) is 0 Å². The largest absolute Gasteiger partial charge is 0.507 e. The number of rotatable bonds is 7. The van der Waals surface area contributed by atoms with E-state index in [1.165, 1.54) is 6.07 Å². The molecule has 2 heterocycles. The number of phenolic OH excluding ortho intramolecular Hbond substituents is 1. The first kappa shape index (κ1) is 19.2. The number of benzene rings is 2. The molecule has 152 valence electrons. The predicted molar refractivity (Wildman–Crippen MR) is 108 cm³/mol. The summed E-state index contributed by atoms with van der Waals surface area (Å²) in [5, 5.41) is 21.3. The summed E-state index contributed by atoms with van der Waals surface area (Å²) < 4.78 is 10.9. The zero-order valence-corrected chi connectivity index (χ0v) is 16.5. The fraction of sp³-hybridized carbons (Fsp3) is 0.333. The van der Waals surface area contributed by atoms with Crippen LogP contribution in [0.1, 0.15) is 27.2 Å². The minimum Gasteiger partial charge on any atom is -0.507 e. The van der Waals surface area contributed by atoms with E-state index >= 15 is 0 Å². The number of phenols is 1. The number of aromatic amines is 1. The Kier molecular flexibility index (Phi) is 5.37. The van der Waals surface area contributed by atoms with Crippen molar-refractivity contribution in [2.75, 3.05) is 27.3 Å². The number of fused-ring (bicyclic) bond motifs is 2. The Morgan fingerprint density at radius 2 is 2.10 bits per heavy atom. The number of amides is 1. The van der Waals surface area contributed by atoms with Crippen molar-refractivity contribution < 1.29 is 19.4 Å². The Balaban J connectivity index is 1.55. The van der Waals surface area contributed by atoms with Crippen LogP contribution in [0.25, 0.3) is 10.9 Å². The third-order valence-corrected chi connectivity index (χ3v) is 5.08. The van der Waals surface area contributed by atoms with Gasteiger partial charge in [-0.05, 0) is 36.4 Å². The number of hydrogen-bond donors (Lipinski definition) is 3. The van der Waals surface area contributed by atoms with Gasteiger partial charge in [0.15, 0.2) is 0 Å². The second-order valence-electron chi connectivity index (χ2n) is 7.06. The number of ether oxygens (including phenoxy) is 2. The van der Waals surface area contributed by atoms with E-state index in [4.69, 9.17) is 9.47 Å². The van der Waals surface area contributed by atoms with Gasteiger partial charge in [0.25, 0.3) is 5.91 Å². The summed E-state index contributed by atoms with van der Waals surface area (Å²) in [6.45, 7) is 2.65. The standard InChI is InChI=1S/C21H24N4O4/c1-22-5-6-29-15-4-3-13-10-25(11-14(13)7-15)21(27)17-8-16-18(9-20(17)26)23-24-19(16)12-28-2/h3-4,7-9,22,26H,5-6,10-12H2,1-2H3,(H,23,24). The summed E-state index contributed by atoms with van der Waals surface area (Å²) in [6, 6.07) is 9.11. The zero-order valence-electron chi connectivity index (χ0n) is 16.5. The van der Waals surface area contributed by atoms with E-state index in [0.29, 0.717) is 37.5 Å². The molecular weight excluding hydrogens is 372 g/mol. The molecule has 3 N–H and O–H groups in total. The maximum atomic E-state index is 13.1. The van der Waals surface area contributed by atoms with Crippen molar-refractivity contribution in [3.05, 3.63) is 52.7 Å². The zero-order chi connectivity index (χ0) is 20.4. The molecule has 8 nitrogen and oxygen atoms in total. The number of carbonyl (C=O) groups is 1. The van der Waals surface area contributed by atoms with Crippen molar-refractivity contribution in [1.82, 2.24) is 20.4 Å². The summed E-state index contributed by atoms with van der Waals surface area (Å²) in [5.41, 5.74) is 3.77. The molecule has 0 unspecified atom stereocenters. The van der Waals surface area contributed by atoms with Crippen LogP contribution in [0.4, 0.5) is 0 Å². The molecule has 1 amide bonds. The number of aromatic nitrogens is 2. The SMILES string of the molecule is CNCCOc1ccc2c(c1)CN(C(=O)c1cc3c(COC)n[nH]c3cc1O)C2. The minimum absolute atomic E-state index is 0.0674. The quantitative estimate of drug-likeness (QED) is 0.530. The van der Waals surface area contributed by atoms with Crippen LogP contribution in [0.15, 0.2) is 30.3 Å². The average Bonchev–Trinajstić information content (AvgIpc) is 3.31. The van der Waals surface area contributed by atoms with Crippen molar-refractivity contribution in [3.63, 3.8) is 0 Å². The van der Waals surface area contributed by atoms with E-state index in [1.807, 2.05) is 25.2 Å². The molecule has 1 aliphatic rings. The highest BCUT2D eigenvalue weighted by Gasteiger charge is 2.27. The maximum absolute atomic E-state index is 13.1. The van der Waals surface area contributed by atoms with Gasteiger partial charge in [-0.1, -0.05) is 6.07 Å². The van der Waals surface area contributed by atoms with Crippen LogP contribution in [-0.4, -0.2) is 53.4 Å². The highest BCUT2D eigenvalue weighted by Crippen LogP contribution is 2.32. The first-order chi connectivity index (χ1) is 14.1. The van der Waals surface area contributed by atoms with Gasteiger partial charge in [0.2, 0.25) is 0 Å². The Morgan fingerprint density at radius 3 is 2.90 bits per heavy atom. The Bertz CT molecular complexity index is 1050. The summed E-state index contributed by atoms with van der Waals surface area (Å²) in [4.78, 5) is 14.9. The molecule has 0 spiro atoms. The number of nitrogens with one attached hydrogen (secondary N) is 2. The van der Waals surface area contributed by atoms with E-state index in [2.05, 4.69) is 15.5 Å². The third kappa shape index (κ3) is 3.76. The first-order valence-electron chi connectivity index (χ1n) is 9.48. The molecule has 2 aromatic carbocycles. The normalized spacial score (nSPS) is 13.1. The lowest BCUT2D eigenvalue weighted by molar-refractivity contribution is 0.0748. The fourth-order valence-electron chi connectivity index (χ4n) is 3.57. The third-order valence-electron chi connectivity index (χ3n) is 5.08. The monoisotopic (exact) mass is 396 g/mol. The Hall–Kier alpha value is -3.10. The van der Waals surface area contributed by atoms with Crippen molar-refractivity contribution in [1.29, 1.82) is 0 Å². The van der Waals surface area contributed by atoms with Gasteiger partial charge < -0.3 is 24.8 Å². The Labute approximate surface area is 168 Å². The van der Waals surface area contributed by atoms with Crippen LogP contribution in [0.2, 0.25) is 0 Å². The van der Waals surface area contributed by atoms with Crippen LogP contribution in [-0.2, 0) is 24.4 Å². The summed E-state index contributed by atoms with van der Waals surface area (Å²) in [6.07, 6.45) is 0. The second kappa shape index (κ2) is 8.10. The Morgan fingerprint density at radius 1 is 1.28 bits per heavy atom. The molecule has 1 aliphatic heterocycles. The number of nitrogens with zero attached hydrogens (tertiary/aromatic N) is 2. The molecule has 0 bridgehead atoms. The molecule has 0 fully saturated rings. The van der Waals surface area contributed by atoms with Crippen LogP contribution in [0, 0.1) is 0 Å². The smallest absolute Gasteiger partial charge is 0.258 e. The number of likely N-dealkylation sites (N-methyl/N-ethyl adjacent to an activating group) is 1. The van der Waals surface area contributed by atoms with Gasteiger partial charge in [0.05, 0.1) is 23.4 Å².